The number of hydrogen-bond donors (Lipinski definition) is 1. The van der Waals surface area contributed by atoms with Crippen molar-refractivity contribution in [2.24, 2.45) is 10.9 Å². The van der Waals surface area contributed by atoms with Gasteiger partial charge in [-0.3, -0.25) is 4.99 Å². The monoisotopic (exact) mass is 351 g/mol. The minimum absolute atomic E-state index is 0.759. The molecular formula is C18H33N5S. The number of aliphatic imine (C=N–C) groups is 1. The molecule has 1 atom stereocenters. The Hall–Kier alpha value is -1.14. The van der Waals surface area contributed by atoms with Crippen LogP contribution in [0.15, 0.2) is 11.2 Å². The molecule has 1 fully saturated rings. The second-order valence-electron chi connectivity index (χ2n) is 6.38. The van der Waals surface area contributed by atoms with Gasteiger partial charge in [-0.05, 0) is 31.8 Å². The minimum Gasteiger partial charge on any atom is -0.356 e. The molecule has 5 nitrogen and oxygen atoms in total. The summed E-state index contributed by atoms with van der Waals surface area (Å²) in [6, 6.07) is 0. The lowest BCUT2D eigenvalue weighted by Crippen LogP contribution is -2.41. The molecule has 0 saturated carbocycles. The van der Waals surface area contributed by atoms with Gasteiger partial charge in [-0.1, -0.05) is 20.8 Å². The van der Waals surface area contributed by atoms with Gasteiger partial charge >= 0.3 is 0 Å². The number of likely N-dealkylation sites (tertiary alicyclic amines) is 1. The first-order chi connectivity index (χ1) is 11.7. The Morgan fingerprint density at radius 3 is 2.83 bits per heavy atom. The fourth-order valence-corrected chi connectivity index (χ4v) is 4.12. The van der Waals surface area contributed by atoms with Crippen molar-refractivity contribution in [3.8, 4) is 0 Å². The molecule has 1 unspecified atom stereocenters. The third kappa shape index (κ3) is 5.45. The first-order valence-corrected chi connectivity index (χ1v) is 10.1. The zero-order chi connectivity index (χ0) is 17.4. The Balaban J connectivity index is 1.75. The van der Waals surface area contributed by atoms with E-state index in [1.54, 1.807) is 0 Å². The van der Waals surface area contributed by atoms with E-state index in [0.717, 1.165) is 57.4 Å². The van der Waals surface area contributed by atoms with Crippen molar-refractivity contribution < 1.29 is 0 Å². The predicted octanol–water partition coefficient (Wildman–Crippen LogP) is 2.49. The molecule has 1 saturated heterocycles. The maximum Gasteiger partial charge on any atom is 0.193 e. The van der Waals surface area contributed by atoms with Gasteiger partial charge in [0.05, 0.1) is 5.01 Å². The molecule has 136 valence electrons. The van der Waals surface area contributed by atoms with E-state index in [0.29, 0.717) is 0 Å². The molecule has 24 heavy (non-hydrogen) atoms. The van der Waals surface area contributed by atoms with E-state index in [1.807, 2.05) is 24.6 Å². The molecule has 1 aromatic heterocycles. The van der Waals surface area contributed by atoms with Crippen LogP contribution in [0.5, 0.6) is 0 Å². The van der Waals surface area contributed by atoms with Crippen LogP contribution >= 0.6 is 11.3 Å². The van der Waals surface area contributed by atoms with Gasteiger partial charge < -0.3 is 15.1 Å². The van der Waals surface area contributed by atoms with Gasteiger partial charge in [-0.25, -0.2) is 4.98 Å². The highest BCUT2D eigenvalue weighted by Gasteiger charge is 2.25. The second kappa shape index (κ2) is 9.99. The molecule has 0 aromatic carbocycles. The highest BCUT2D eigenvalue weighted by Crippen LogP contribution is 2.18. The number of aryl methyl sites for hydroxylation is 1. The summed E-state index contributed by atoms with van der Waals surface area (Å²) in [6.07, 6.45) is 5.32. The molecule has 1 aromatic rings. The molecular weight excluding hydrogens is 318 g/mol. The van der Waals surface area contributed by atoms with Gasteiger partial charge in [0, 0.05) is 50.7 Å². The van der Waals surface area contributed by atoms with Gasteiger partial charge in [0.2, 0.25) is 0 Å². The molecule has 0 spiro atoms. The Labute approximate surface area is 151 Å². The van der Waals surface area contributed by atoms with Crippen molar-refractivity contribution in [3.63, 3.8) is 0 Å². The van der Waals surface area contributed by atoms with E-state index >= 15 is 0 Å². The molecule has 0 amide bonds. The molecule has 0 bridgehead atoms. The van der Waals surface area contributed by atoms with Crippen molar-refractivity contribution >= 4 is 17.3 Å². The Morgan fingerprint density at radius 1 is 1.42 bits per heavy atom. The zero-order valence-corrected chi connectivity index (χ0v) is 16.5. The van der Waals surface area contributed by atoms with Gasteiger partial charge in [0.25, 0.3) is 0 Å². The lowest BCUT2D eigenvalue weighted by atomic mass is 10.1. The number of nitrogens with one attached hydrogen (secondary N) is 1. The number of rotatable bonds is 8. The highest BCUT2D eigenvalue weighted by atomic mass is 32.1. The van der Waals surface area contributed by atoms with Gasteiger partial charge in [-0.2, -0.15) is 0 Å². The molecule has 2 rings (SSSR count). The standard InChI is InChI=1S/C18H33N5S/c1-5-16-12-21-17(24-16)8-10-20-18(19-4)23-11-9-15(14-23)13-22(6-2)7-3/h12,15H,5-11,13-14H2,1-4H3,(H,19,20). The Bertz CT molecular complexity index is 509. The third-order valence-corrected chi connectivity index (χ3v) is 5.98. The summed E-state index contributed by atoms with van der Waals surface area (Å²) in [5.74, 6) is 1.80. The molecule has 2 heterocycles. The van der Waals surface area contributed by atoms with Crippen LogP contribution in [0, 0.1) is 5.92 Å². The van der Waals surface area contributed by atoms with Gasteiger partial charge in [-0.15, -0.1) is 11.3 Å². The second-order valence-corrected chi connectivity index (χ2v) is 7.58. The smallest absolute Gasteiger partial charge is 0.193 e. The largest absolute Gasteiger partial charge is 0.356 e. The van der Waals surface area contributed by atoms with Crippen molar-refractivity contribution in [3.05, 3.63) is 16.1 Å². The van der Waals surface area contributed by atoms with E-state index in [1.165, 1.54) is 22.9 Å². The van der Waals surface area contributed by atoms with Crippen molar-refractivity contribution in [1.82, 2.24) is 20.1 Å². The fraction of sp³-hybridized carbons (Fsp3) is 0.778. The lowest BCUT2D eigenvalue weighted by Gasteiger charge is -2.24. The van der Waals surface area contributed by atoms with Crippen LogP contribution in [0.2, 0.25) is 0 Å². The highest BCUT2D eigenvalue weighted by molar-refractivity contribution is 7.11. The average Bonchev–Trinajstić information content (AvgIpc) is 3.26. The molecule has 0 radical (unpaired) electrons. The SMILES string of the molecule is CCc1cnc(CCNC(=NC)N2CCC(CN(CC)CC)C2)s1. The van der Waals surface area contributed by atoms with Crippen LogP contribution in [0.25, 0.3) is 0 Å². The first-order valence-electron chi connectivity index (χ1n) is 9.31. The average molecular weight is 352 g/mol. The maximum absolute atomic E-state index is 4.49. The van der Waals surface area contributed by atoms with E-state index in [9.17, 15) is 0 Å². The summed E-state index contributed by atoms with van der Waals surface area (Å²) >= 11 is 1.83. The number of aromatic nitrogens is 1. The van der Waals surface area contributed by atoms with Crippen molar-refractivity contribution in [1.29, 1.82) is 0 Å². The van der Waals surface area contributed by atoms with Crippen LogP contribution < -0.4 is 5.32 Å². The topological polar surface area (TPSA) is 43.8 Å². The molecule has 6 heteroatoms. The normalized spacial score (nSPS) is 18.6. The number of guanidine groups is 1. The Morgan fingerprint density at radius 2 is 2.21 bits per heavy atom. The van der Waals surface area contributed by atoms with E-state index < -0.39 is 0 Å². The van der Waals surface area contributed by atoms with Crippen LogP contribution in [0.1, 0.15) is 37.1 Å². The molecule has 1 N–H and O–H groups in total. The van der Waals surface area contributed by atoms with Crippen LogP contribution in [0.4, 0.5) is 0 Å². The number of hydrogen-bond acceptors (Lipinski definition) is 4. The van der Waals surface area contributed by atoms with Crippen molar-refractivity contribution in [2.45, 2.75) is 40.0 Å². The van der Waals surface area contributed by atoms with Gasteiger partial charge in [0.1, 0.15) is 0 Å². The van der Waals surface area contributed by atoms with Crippen LogP contribution in [-0.2, 0) is 12.8 Å². The minimum atomic E-state index is 0.759. The summed E-state index contributed by atoms with van der Waals surface area (Å²) in [6.45, 7) is 13.3. The zero-order valence-electron chi connectivity index (χ0n) is 15.7. The Kier molecular flexibility index (Phi) is 7.99. The van der Waals surface area contributed by atoms with E-state index in [2.05, 4.69) is 45.9 Å². The fourth-order valence-electron chi connectivity index (χ4n) is 3.26. The lowest BCUT2D eigenvalue weighted by molar-refractivity contribution is 0.255. The van der Waals surface area contributed by atoms with E-state index in [4.69, 9.17) is 0 Å². The summed E-state index contributed by atoms with van der Waals surface area (Å²) in [7, 11) is 1.89. The summed E-state index contributed by atoms with van der Waals surface area (Å²) in [5, 5.41) is 4.74. The van der Waals surface area contributed by atoms with E-state index in [-0.39, 0.29) is 0 Å². The quantitative estimate of drug-likeness (QED) is 0.577. The summed E-state index contributed by atoms with van der Waals surface area (Å²) < 4.78 is 0. The first kappa shape index (κ1) is 19.2. The third-order valence-electron chi connectivity index (χ3n) is 4.78. The van der Waals surface area contributed by atoms with Crippen LogP contribution in [-0.4, -0.2) is 67.1 Å². The van der Waals surface area contributed by atoms with Crippen molar-refractivity contribution in [2.75, 3.05) is 46.3 Å². The number of nitrogens with zero attached hydrogens (tertiary/aromatic N) is 4. The molecule has 1 aliphatic heterocycles. The maximum atomic E-state index is 4.49. The number of thiazole rings is 1. The van der Waals surface area contributed by atoms with Crippen LogP contribution in [0.3, 0.4) is 0 Å². The predicted molar refractivity (Wildman–Crippen MR) is 104 cm³/mol. The molecule has 1 aliphatic rings. The molecule has 0 aliphatic carbocycles. The summed E-state index contributed by atoms with van der Waals surface area (Å²) in [5.41, 5.74) is 0. The van der Waals surface area contributed by atoms with Gasteiger partial charge in [0.15, 0.2) is 5.96 Å². The summed E-state index contributed by atoms with van der Waals surface area (Å²) in [4.78, 5) is 15.3.